The number of benzene rings is 1. The van der Waals surface area contributed by atoms with Gasteiger partial charge in [-0.2, -0.15) is 13.2 Å². The maximum Gasteiger partial charge on any atom is 0.416 e. The molecule has 3 N–H and O–H groups in total. The molecule has 0 fully saturated rings. The van der Waals surface area contributed by atoms with Gasteiger partial charge < -0.3 is 10.8 Å². The van der Waals surface area contributed by atoms with Gasteiger partial charge in [0.05, 0.1) is 5.56 Å². The number of nitrogens with two attached hydrogens (primary N) is 1. The molecule has 0 radical (unpaired) electrons. The summed E-state index contributed by atoms with van der Waals surface area (Å²) in [4.78, 5) is 19.5. The van der Waals surface area contributed by atoms with Gasteiger partial charge in [0.15, 0.2) is 0 Å². The minimum absolute atomic E-state index is 0.144. The second kappa shape index (κ2) is 5.88. The number of hydrogen-bond donors (Lipinski definition) is 2. The van der Waals surface area contributed by atoms with E-state index in [9.17, 15) is 18.0 Å². The minimum atomic E-state index is -4.44. The number of halogens is 3. The summed E-state index contributed by atoms with van der Waals surface area (Å²) in [7, 11) is 0. The molecule has 0 aliphatic carbocycles. The quantitative estimate of drug-likeness (QED) is 0.797. The second-order valence-electron chi connectivity index (χ2n) is 2.96. The Balaban J connectivity index is 0.000000557. The lowest BCUT2D eigenvalue weighted by molar-refractivity contribution is -0.137. The number of aliphatic carboxylic acids is 1. The van der Waals surface area contributed by atoms with E-state index in [2.05, 4.69) is 0 Å². The predicted octanol–water partition coefficient (Wildman–Crippen LogP) is 1.90. The van der Waals surface area contributed by atoms with E-state index in [-0.39, 0.29) is 5.56 Å². The molecule has 0 saturated heterocycles. The maximum atomic E-state index is 12.1. The molecule has 4 nitrogen and oxygen atoms in total. The van der Waals surface area contributed by atoms with Crippen LogP contribution in [0.3, 0.4) is 0 Å². The molecule has 0 bridgehead atoms. The summed E-state index contributed by atoms with van der Waals surface area (Å²) in [6, 6.07) is 3.98. The zero-order chi connectivity index (χ0) is 13.6. The Morgan fingerprint density at radius 3 is 2.12 bits per heavy atom. The molecule has 0 aromatic heterocycles. The van der Waals surface area contributed by atoms with Crippen LogP contribution in [0.15, 0.2) is 24.3 Å². The van der Waals surface area contributed by atoms with Crippen LogP contribution in [0, 0.1) is 0 Å². The molecule has 1 amide bonds. The third-order valence-corrected chi connectivity index (χ3v) is 1.47. The van der Waals surface area contributed by atoms with Gasteiger partial charge in [-0.15, -0.1) is 0 Å². The standard InChI is InChI=1S/C8H6F3NO.C2H4O2/c9-8(10,11)6-3-1-2-5(4-6)7(12)13;1-2(3)4/h1-4H,(H2,12,13);1H3,(H,3,4). The lowest BCUT2D eigenvalue weighted by atomic mass is 10.1. The number of primary amides is 1. The number of alkyl halides is 3. The molecule has 0 aliphatic heterocycles. The molecule has 94 valence electrons. The first kappa shape index (κ1) is 14.9. The monoisotopic (exact) mass is 249 g/mol. The van der Waals surface area contributed by atoms with Crippen molar-refractivity contribution in [3.63, 3.8) is 0 Å². The van der Waals surface area contributed by atoms with Crippen molar-refractivity contribution < 1.29 is 27.9 Å². The van der Waals surface area contributed by atoms with Crippen LogP contribution in [0.5, 0.6) is 0 Å². The molecule has 0 heterocycles. The SMILES string of the molecule is CC(=O)O.NC(=O)c1cccc(C(F)(F)F)c1. The highest BCUT2D eigenvalue weighted by atomic mass is 19.4. The number of carboxylic acid groups (broad SMARTS) is 1. The first-order valence-electron chi connectivity index (χ1n) is 4.31. The summed E-state index contributed by atoms with van der Waals surface area (Å²) >= 11 is 0. The largest absolute Gasteiger partial charge is 0.481 e. The normalized spacial score (nSPS) is 10.1. The van der Waals surface area contributed by atoms with Gasteiger partial charge in [0, 0.05) is 12.5 Å². The molecule has 0 unspecified atom stereocenters. The van der Waals surface area contributed by atoms with Crippen molar-refractivity contribution in [2.24, 2.45) is 5.73 Å². The fraction of sp³-hybridized carbons (Fsp3) is 0.200. The molecule has 0 atom stereocenters. The molecular formula is C10H10F3NO3. The third-order valence-electron chi connectivity index (χ3n) is 1.47. The second-order valence-corrected chi connectivity index (χ2v) is 2.96. The van der Waals surface area contributed by atoms with Crippen molar-refractivity contribution in [3.05, 3.63) is 35.4 Å². The average Bonchev–Trinajstić information content (AvgIpc) is 2.15. The van der Waals surface area contributed by atoms with E-state index >= 15 is 0 Å². The van der Waals surface area contributed by atoms with Gasteiger partial charge in [0.2, 0.25) is 5.91 Å². The smallest absolute Gasteiger partial charge is 0.416 e. The molecule has 0 aliphatic rings. The van der Waals surface area contributed by atoms with Crippen molar-refractivity contribution in [1.82, 2.24) is 0 Å². The highest BCUT2D eigenvalue weighted by molar-refractivity contribution is 5.92. The van der Waals surface area contributed by atoms with Crippen LogP contribution in [-0.2, 0) is 11.0 Å². The Labute approximate surface area is 94.9 Å². The Morgan fingerprint density at radius 2 is 1.76 bits per heavy atom. The van der Waals surface area contributed by atoms with E-state index in [0.717, 1.165) is 25.1 Å². The Kier molecular flexibility index (Phi) is 5.17. The van der Waals surface area contributed by atoms with Crippen LogP contribution in [0.25, 0.3) is 0 Å². The number of rotatable bonds is 1. The van der Waals surface area contributed by atoms with Crippen molar-refractivity contribution in [1.29, 1.82) is 0 Å². The summed E-state index contributed by atoms with van der Waals surface area (Å²) in [5.74, 6) is -1.70. The van der Waals surface area contributed by atoms with E-state index in [1.54, 1.807) is 0 Å². The van der Waals surface area contributed by atoms with Gasteiger partial charge in [-0.25, -0.2) is 0 Å². The highest BCUT2D eigenvalue weighted by Crippen LogP contribution is 2.29. The summed E-state index contributed by atoms with van der Waals surface area (Å²) in [5.41, 5.74) is 3.80. The fourth-order valence-electron chi connectivity index (χ4n) is 0.849. The molecule has 1 aromatic carbocycles. The van der Waals surface area contributed by atoms with Crippen LogP contribution in [0.1, 0.15) is 22.8 Å². The highest BCUT2D eigenvalue weighted by Gasteiger charge is 2.30. The number of amides is 1. The van der Waals surface area contributed by atoms with Crippen LogP contribution in [0.2, 0.25) is 0 Å². The van der Waals surface area contributed by atoms with E-state index in [1.807, 2.05) is 0 Å². The minimum Gasteiger partial charge on any atom is -0.481 e. The first-order valence-corrected chi connectivity index (χ1v) is 4.31. The van der Waals surface area contributed by atoms with Gasteiger partial charge in [-0.3, -0.25) is 9.59 Å². The van der Waals surface area contributed by atoms with Crippen molar-refractivity contribution in [2.45, 2.75) is 13.1 Å². The molecule has 0 saturated carbocycles. The van der Waals surface area contributed by atoms with Crippen molar-refractivity contribution >= 4 is 11.9 Å². The fourth-order valence-corrected chi connectivity index (χ4v) is 0.849. The number of carbonyl (C=O) groups excluding carboxylic acids is 1. The van der Waals surface area contributed by atoms with Gasteiger partial charge in [-0.1, -0.05) is 6.07 Å². The average molecular weight is 249 g/mol. The summed E-state index contributed by atoms with van der Waals surface area (Å²) in [6.07, 6.45) is -4.44. The van der Waals surface area contributed by atoms with Crippen LogP contribution in [0.4, 0.5) is 13.2 Å². The maximum absolute atomic E-state index is 12.1. The van der Waals surface area contributed by atoms with Crippen LogP contribution in [-0.4, -0.2) is 17.0 Å². The number of carboxylic acids is 1. The van der Waals surface area contributed by atoms with E-state index in [4.69, 9.17) is 15.6 Å². The molecule has 0 spiro atoms. The third kappa shape index (κ3) is 6.18. The molecular weight excluding hydrogens is 239 g/mol. The van der Waals surface area contributed by atoms with Crippen LogP contribution < -0.4 is 5.73 Å². The summed E-state index contributed by atoms with van der Waals surface area (Å²) < 4.78 is 36.2. The lowest BCUT2D eigenvalue weighted by Gasteiger charge is -2.06. The van der Waals surface area contributed by atoms with Crippen LogP contribution >= 0.6 is 0 Å². The summed E-state index contributed by atoms with van der Waals surface area (Å²) in [6.45, 7) is 1.08. The van der Waals surface area contributed by atoms with Gasteiger partial charge in [-0.05, 0) is 18.2 Å². The van der Waals surface area contributed by atoms with E-state index in [1.165, 1.54) is 6.07 Å². The zero-order valence-corrected chi connectivity index (χ0v) is 8.78. The van der Waals surface area contributed by atoms with E-state index < -0.39 is 23.6 Å². The number of carbonyl (C=O) groups is 2. The zero-order valence-electron chi connectivity index (χ0n) is 8.78. The lowest BCUT2D eigenvalue weighted by Crippen LogP contribution is -2.13. The topological polar surface area (TPSA) is 80.4 Å². The number of hydrogen-bond acceptors (Lipinski definition) is 2. The Bertz CT molecular complexity index is 412. The van der Waals surface area contributed by atoms with E-state index in [0.29, 0.717) is 0 Å². The molecule has 1 aromatic rings. The van der Waals surface area contributed by atoms with Crippen molar-refractivity contribution in [2.75, 3.05) is 0 Å². The molecule has 17 heavy (non-hydrogen) atoms. The molecule has 1 rings (SSSR count). The Morgan fingerprint density at radius 1 is 1.29 bits per heavy atom. The van der Waals surface area contributed by atoms with Gasteiger partial charge >= 0.3 is 6.18 Å². The predicted molar refractivity (Wildman–Crippen MR) is 53.3 cm³/mol. The van der Waals surface area contributed by atoms with Crippen molar-refractivity contribution in [3.8, 4) is 0 Å². The Hall–Kier alpha value is -2.05. The van der Waals surface area contributed by atoms with Gasteiger partial charge in [0.25, 0.3) is 5.97 Å². The van der Waals surface area contributed by atoms with Gasteiger partial charge in [0.1, 0.15) is 0 Å². The molecule has 7 heteroatoms. The first-order chi connectivity index (χ1) is 7.64. The summed E-state index contributed by atoms with van der Waals surface area (Å²) in [5, 5.41) is 7.42.